The van der Waals surface area contributed by atoms with E-state index in [1.807, 2.05) is 17.7 Å². The van der Waals surface area contributed by atoms with Crippen LogP contribution >= 0.6 is 11.6 Å². The number of aromatic nitrogens is 1. The van der Waals surface area contributed by atoms with Gasteiger partial charge < -0.3 is 9.67 Å². The third kappa shape index (κ3) is 3.39. The molecule has 1 aromatic rings. The van der Waals surface area contributed by atoms with Crippen molar-refractivity contribution < 1.29 is 9.90 Å². The summed E-state index contributed by atoms with van der Waals surface area (Å²) in [6.07, 6.45) is 3.82. The summed E-state index contributed by atoms with van der Waals surface area (Å²) in [7, 11) is 0. The Hall–Kier alpha value is -1.26. The zero-order valence-corrected chi connectivity index (χ0v) is 11.8. The SMILES string of the molecule is C/C(=C/Cl)CN1CCC(n2cccc2C(=O)O)CC1. The standard InChI is InChI=1S/C14H19ClN2O2/c1-11(9-15)10-16-7-4-12(5-8-16)17-6-2-3-13(17)14(18)19/h2-3,6,9,12H,4-5,7-8,10H2,1H3,(H,18,19)/b11-9-. The van der Waals surface area contributed by atoms with E-state index in [2.05, 4.69) is 4.90 Å². The fraction of sp³-hybridized carbons (Fsp3) is 0.500. The molecule has 0 spiro atoms. The second-order valence-corrected chi connectivity index (χ2v) is 5.29. The molecule has 1 aromatic heterocycles. The molecule has 0 aromatic carbocycles. The monoisotopic (exact) mass is 282 g/mol. The van der Waals surface area contributed by atoms with Gasteiger partial charge in [0.15, 0.2) is 0 Å². The molecule has 0 atom stereocenters. The van der Waals surface area contributed by atoms with Crippen LogP contribution in [0, 0.1) is 0 Å². The van der Waals surface area contributed by atoms with Crippen molar-refractivity contribution in [2.75, 3.05) is 19.6 Å². The molecule has 19 heavy (non-hydrogen) atoms. The lowest BCUT2D eigenvalue weighted by molar-refractivity contribution is 0.0678. The summed E-state index contributed by atoms with van der Waals surface area (Å²) in [4.78, 5) is 13.5. The molecule has 104 valence electrons. The quantitative estimate of drug-likeness (QED) is 0.923. The lowest BCUT2D eigenvalue weighted by Crippen LogP contribution is -2.36. The number of likely N-dealkylation sites (tertiary alicyclic amines) is 1. The maximum Gasteiger partial charge on any atom is 0.352 e. The molecule has 1 N–H and O–H groups in total. The van der Waals surface area contributed by atoms with Crippen LogP contribution in [0.25, 0.3) is 0 Å². The summed E-state index contributed by atoms with van der Waals surface area (Å²) in [5, 5.41) is 9.13. The summed E-state index contributed by atoms with van der Waals surface area (Å²) < 4.78 is 1.89. The smallest absolute Gasteiger partial charge is 0.352 e. The number of hydrogen-bond donors (Lipinski definition) is 1. The van der Waals surface area contributed by atoms with Gasteiger partial charge in [-0.25, -0.2) is 4.79 Å². The topological polar surface area (TPSA) is 45.5 Å². The molecule has 0 unspecified atom stereocenters. The Morgan fingerprint density at radius 1 is 1.53 bits per heavy atom. The zero-order valence-electron chi connectivity index (χ0n) is 11.1. The maximum atomic E-state index is 11.1. The Balaban J connectivity index is 1.96. The summed E-state index contributed by atoms with van der Waals surface area (Å²) in [6, 6.07) is 3.75. The van der Waals surface area contributed by atoms with E-state index in [0.717, 1.165) is 38.0 Å². The van der Waals surface area contributed by atoms with E-state index in [1.165, 1.54) is 0 Å². The van der Waals surface area contributed by atoms with Crippen LogP contribution in [-0.2, 0) is 0 Å². The van der Waals surface area contributed by atoms with Crippen LogP contribution in [0.5, 0.6) is 0 Å². The van der Waals surface area contributed by atoms with E-state index in [1.54, 1.807) is 17.7 Å². The van der Waals surface area contributed by atoms with Gasteiger partial charge in [-0.3, -0.25) is 4.90 Å². The van der Waals surface area contributed by atoms with Gasteiger partial charge in [0.05, 0.1) is 0 Å². The average molecular weight is 283 g/mol. The number of hydrogen-bond acceptors (Lipinski definition) is 2. The second-order valence-electron chi connectivity index (χ2n) is 5.07. The maximum absolute atomic E-state index is 11.1. The highest BCUT2D eigenvalue weighted by molar-refractivity contribution is 6.25. The highest BCUT2D eigenvalue weighted by Gasteiger charge is 2.23. The van der Waals surface area contributed by atoms with Gasteiger partial charge in [-0.05, 0) is 37.5 Å². The Bertz CT molecular complexity index is 474. The summed E-state index contributed by atoms with van der Waals surface area (Å²) >= 11 is 5.68. The lowest BCUT2D eigenvalue weighted by atomic mass is 10.0. The normalized spacial score (nSPS) is 18.7. The number of nitrogens with zero attached hydrogens (tertiary/aromatic N) is 2. The number of aromatic carboxylic acids is 1. The molecule has 1 saturated heterocycles. The summed E-state index contributed by atoms with van der Waals surface area (Å²) in [6.45, 7) is 4.87. The van der Waals surface area contributed by atoms with E-state index in [0.29, 0.717) is 5.69 Å². The van der Waals surface area contributed by atoms with Gasteiger partial charge in [-0.15, -0.1) is 0 Å². The minimum Gasteiger partial charge on any atom is -0.477 e. The van der Waals surface area contributed by atoms with Gasteiger partial charge in [0.2, 0.25) is 0 Å². The van der Waals surface area contributed by atoms with Crippen LogP contribution in [0.1, 0.15) is 36.3 Å². The number of rotatable bonds is 4. The van der Waals surface area contributed by atoms with Crippen molar-refractivity contribution >= 4 is 17.6 Å². The zero-order chi connectivity index (χ0) is 13.8. The minimum atomic E-state index is -0.853. The van der Waals surface area contributed by atoms with Crippen molar-refractivity contribution in [2.24, 2.45) is 0 Å². The molecule has 1 fully saturated rings. The van der Waals surface area contributed by atoms with Crippen LogP contribution in [-0.4, -0.2) is 40.2 Å². The molecular formula is C14H19ClN2O2. The van der Waals surface area contributed by atoms with Crippen LogP contribution in [0.2, 0.25) is 0 Å². The third-order valence-corrected chi connectivity index (χ3v) is 3.98. The molecule has 0 saturated carbocycles. The third-order valence-electron chi connectivity index (χ3n) is 3.61. The van der Waals surface area contributed by atoms with E-state index in [4.69, 9.17) is 16.7 Å². The van der Waals surface area contributed by atoms with Gasteiger partial charge in [-0.1, -0.05) is 11.6 Å². The summed E-state index contributed by atoms with van der Waals surface area (Å²) in [5.74, 6) is -0.853. The van der Waals surface area contributed by atoms with E-state index in [9.17, 15) is 4.79 Å². The van der Waals surface area contributed by atoms with Gasteiger partial charge in [0, 0.05) is 37.4 Å². The molecule has 0 aliphatic carbocycles. The van der Waals surface area contributed by atoms with E-state index < -0.39 is 5.97 Å². The van der Waals surface area contributed by atoms with Crippen LogP contribution < -0.4 is 0 Å². The lowest BCUT2D eigenvalue weighted by Gasteiger charge is -2.33. The number of halogens is 1. The number of carboxylic acid groups (broad SMARTS) is 1. The molecule has 4 nitrogen and oxygen atoms in total. The Kier molecular flexibility index (Phi) is 4.66. The first-order valence-electron chi connectivity index (χ1n) is 6.50. The highest BCUT2D eigenvalue weighted by atomic mass is 35.5. The fourth-order valence-corrected chi connectivity index (χ4v) is 2.71. The van der Waals surface area contributed by atoms with Crippen molar-refractivity contribution in [3.63, 3.8) is 0 Å². The molecule has 2 rings (SSSR count). The first-order chi connectivity index (χ1) is 9.11. The Morgan fingerprint density at radius 2 is 2.21 bits per heavy atom. The van der Waals surface area contributed by atoms with Gasteiger partial charge >= 0.3 is 5.97 Å². The number of carboxylic acids is 1. The van der Waals surface area contributed by atoms with Gasteiger partial charge in [-0.2, -0.15) is 0 Å². The molecule has 5 heteroatoms. The van der Waals surface area contributed by atoms with Crippen molar-refractivity contribution in [1.29, 1.82) is 0 Å². The first kappa shape index (κ1) is 14.2. The van der Waals surface area contributed by atoms with Crippen molar-refractivity contribution in [3.8, 4) is 0 Å². The molecule has 1 aliphatic heterocycles. The van der Waals surface area contributed by atoms with E-state index >= 15 is 0 Å². The molecular weight excluding hydrogens is 264 g/mol. The van der Waals surface area contributed by atoms with Crippen LogP contribution in [0.15, 0.2) is 29.4 Å². The minimum absolute atomic E-state index is 0.289. The predicted molar refractivity (Wildman–Crippen MR) is 75.7 cm³/mol. The molecule has 0 amide bonds. The Labute approximate surface area is 118 Å². The van der Waals surface area contributed by atoms with Crippen molar-refractivity contribution in [3.05, 3.63) is 35.1 Å². The predicted octanol–water partition coefficient (Wildman–Crippen LogP) is 2.97. The highest BCUT2D eigenvalue weighted by Crippen LogP contribution is 2.25. The van der Waals surface area contributed by atoms with Gasteiger partial charge in [0.1, 0.15) is 5.69 Å². The fourth-order valence-electron chi connectivity index (χ4n) is 2.64. The number of piperidine rings is 1. The van der Waals surface area contributed by atoms with E-state index in [-0.39, 0.29) is 6.04 Å². The molecule has 0 radical (unpaired) electrons. The summed E-state index contributed by atoms with van der Waals surface area (Å²) in [5.41, 5.74) is 3.17. The molecule has 1 aliphatic rings. The van der Waals surface area contributed by atoms with Crippen molar-refractivity contribution in [2.45, 2.75) is 25.8 Å². The number of carbonyl (C=O) groups is 1. The molecule has 2 heterocycles. The van der Waals surface area contributed by atoms with Crippen LogP contribution in [0.4, 0.5) is 0 Å². The van der Waals surface area contributed by atoms with Crippen molar-refractivity contribution in [1.82, 2.24) is 9.47 Å². The molecule has 0 bridgehead atoms. The second kappa shape index (κ2) is 6.26. The Morgan fingerprint density at radius 3 is 2.79 bits per heavy atom. The van der Waals surface area contributed by atoms with Gasteiger partial charge in [0.25, 0.3) is 0 Å². The first-order valence-corrected chi connectivity index (χ1v) is 6.94. The largest absolute Gasteiger partial charge is 0.477 e. The van der Waals surface area contributed by atoms with Crippen LogP contribution in [0.3, 0.4) is 0 Å². The average Bonchev–Trinajstić information content (AvgIpc) is 2.89.